The average Bonchev–Trinajstić information content (AvgIpc) is 3.09. The molecule has 102 valence electrons. The Morgan fingerprint density at radius 1 is 1.00 bits per heavy atom. The van der Waals surface area contributed by atoms with Crippen LogP contribution in [0.3, 0.4) is 0 Å². The van der Waals surface area contributed by atoms with Crippen molar-refractivity contribution < 1.29 is 9.21 Å². The van der Waals surface area contributed by atoms with E-state index in [9.17, 15) is 4.79 Å². The first kappa shape index (κ1) is 12.8. The molecule has 0 unspecified atom stereocenters. The summed E-state index contributed by atoms with van der Waals surface area (Å²) in [5.41, 5.74) is 0.725. The number of rotatable bonds is 2. The number of hydrogen-bond donors (Lipinski definition) is 0. The van der Waals surface area contributed by atoms with Gasteiger partial charge in [-0.15, -0.1) is 11.3 Å². The van der Waals surface area contributed by atoms with Crippen molar-refractivity contribution in [3.63, 3.8) is 0 Å². The van der Waals surface area contributed by atoms with Crippen LogP contribution in [-0.2, 0) is 0 Å². The maximum absolute atomic E-state index is 12.6. The third kappa shape index (κ3) is 2.20. The highest BCUT2D eigenvalue weighted by molar-refractivity contribution is 9.10. The van der Waals surface area contributed by atoms with Crippen LogP contribution in [-0.4, -0.2) is 5.78 Å². The van der Waals surface area contributed by atoms with Gasteiger partial charge in [0.2, 0.25) is 5.78 Å². The van der Waals surface area contributed by atoms with Crippen LogP contribution in [0.2, 0.25) is 0 Å². The minimum absolute atomic E-state index is 0.0662. The predicted molar refractivity (Wildman–Crippen MR) is 89.2 cm³/mol. The SMILES string of the molecule is O=C(c1cc2cc(Br)ccc2o1)c1cc2ccccc2s1. The van der Waals surface area contributed by atoms with E-state index in [-0.39, 0.29) is 5.78 Å². The number of furan rings is 1. The van der Waals surface area contributed by atoms with Gasteiger partial charge in [0.25, 0.3) is 0 Å². The Bertz CT molecular complexity index is 948. The Kier molecular flexibility index (Phi) is 2.94. The summed E-state index contributed by atoms with van der Waals surface area (Å²) in [7, 11) is 0. The quantitative estimate of drug-likeness (QED) is 0.435. The topological polar surface area (TPSA) is 30.2 Å². The molecule has 0 fully saturated rings. The fraction of sp³-hybridized carbons (Fsp3) is 0. The van der Waals surface area contributed by atoms with E-state index in [0.717, 1.165) is 25.5 Å². The maximum Gasteiger partial charge on any atom is 0.238 e. The van der Waals surface area contributed by atoms with Crippen molar-refractivity contribution in [1.29, 1.82) is 0 Å². The number of fused-ring (bicyclic) bond motifs is 2. The standard InChI is InChI=1S/C17H9BrO2S/c18-12-5-6-13-11(7-12)8-14(20-13)17(19)16-9-10-3-1-2-4-15(10)21-16/h1-9H. The number of hydrogen-bond acceptors (Lipinski definition) is 3. The number of ketones is 1. The van der Waals surface area contributed by atoms with Crippen LogP contribution in [0.4, 0.5) is 0 Å². The molecule has 0 saturated heterocycles. The molecule has 2 aromatic carbocycles. The van der Waals surface area contributed by atoms with E-state index in [1.54, 1.807) is 6.07 Å². The lowest BCUT2D eigenvalue weighted by Crippen LogP contribution is -1.95. The fourth-order valence-electron chi connectivity index (χ4n) is 2.34. The predicted octanol–water partition coefficient (Wildman–Crippen LogP) is 5.64. The number of carbonyl (C=O) groups is 1. The average molecular weight is 357 g/mol. The molecule has 0 N–H and O–H groups in total. The van der Waals surface area contributed by atoms with Crippen LogP contribution in [0.1, 0.15) is 15.4 Å². The Hall–Kier alpha value is -1.91. The van der Waals surface area contributed by atoms with Gasteiger partial charge in [0.1, 0.15) is 5.58 Å². The van der Waals surface area contributed by atoms with E-state index in [0.29, 0.717) is 10.6 Å². The van der Waals surface area contributed by atoms with Gasteiger partial charge in [-0.2, -0.15) is 0 Å². The second-order valence-electron chi connectivity index (χ2n) is 4.77. The molecule has 2 nitrogen and oxygen atoms in total. The van der Waals surface area contributed by atoms with Crippen molar-refractivity contribution in [2.75, 3.05) is 0 Å². The van der Waals surface area contributed by atoms with Crippen LogP contribution in [0.15, 0.2) is 63.5 Å². The lowest BCUT2D eigenvalue weighted by Gasteiger charge is -1.90. The number of thiophene rings is 1. The molecule has 2 heterocycles. The van der Waals surface area contributed by atoms with Gasteiger partial charge in [-0.1, -0.05) is 34.1 Å². The number of carbonyl (C=O) groups excluding carboxylic acids is 1. The zero-order valence-corrected chi connectivity index (χ0v) is 13.2. The molecule has 21 heavy (non-hydrogen) atoms. The molecule has 4 aromatic rings. The van der Waals surface area contributed by atoms with Crippen LogP contribution in [0.25, 0.3) is 21.1 Å². The number of halogens is 1. The van der Waals surface area contributed by atoms with Gasteiger partial charge in [0, 0.05) is 14.6 Å². The molecule has 0 amide bonds. The normalized spacial score (nSPS) is 11.3. The molecule has 0 bridgehead atoms. The van der Waals surface area contributed by atoms with Gasteiger partial charge in [0.15, 0.2) is 5.76 Å². The van der Waals surface area contributed by atoms with E-state index >= 15 is 0 Å². The lowest BCUT2D eigenvalue weighted by molar-refractivity contribution is 0.101. The molecule has 0 aliphatic rings. The van der Waals surface area contributed by atoms with Gasteiger partial charge in [-0.3, -0.25) is 4.79 Å². The molecule has 0 aliphatic carbocycles. The molecule has 4 heteroatoms. The summed E-state index contributed by atoms with van der Waals surface area (Å²) in [6, 6.07) is 17.4. The summed E-state index contributed by atoms with van der Waals surface area (Å²) in [4.78, 5) is 13.3. The summed E-state index contributed by atoms with van der Waals surface area (Å²) in [5.74, 6) is 0.318. The summed E-state index contributed by atoms with van der Waals surface area (Å²) in [5, 5.41) is 2.01. The molecular weight excluding hydrogens is 348 g/mol. The molecule has 0 atom stereocenters. The third-order valence-corrected chi connectivity index (χ3v) is 4.96. The highest BCUT2D eigenvalue weighted by atomic mass is 79.9. The summed E-state index contributed by atoms with van der Waals surface area (Å²) >= 11 is 4.92. The monoisotopic (exact) mass is 356 g/mol. The van der Waals surface area contributed by atoms with Gasteiger partial charge < -0.3 is 4.42 Å². The molecular formula is C17H9BrO2S. The molecule has 0 radical (unpaired) electrons. The van der Waals surface area contributed by atoms with Crippen molar-refractivity contribution in [3.8, 4) is 0 Å². The minimum atomic E-state index is -0.0662. The summed E-state index contributed by atoms with van der Waals surface area (Å²) in [6.45, 7) is 0. The van der Waals surface area contributed by atoms with Gasteiger partial charge in [-0.05, 0) is 41.8 Å². The maximum atomic E-state index is 12.6. The summed E-state index contributed by atoms with van der Waals surface area (Å²) < 4.78 is 7.75. The van der Waals surface area contributed by atoms with Crippen molar-refractivity contribution in [2.24, 2.45) is 0 Å². The molecule has 2 aromatic heterocycles. The second kappa shape index (κ2) is 4.83. The highest BCUT2D eigenvalue weighted by Gasteiger charge is 2.17. The Labute approximate surface area is 133 Å². The largest absolute Gasteiger partial charge is 0.453 e. The van der Waals surface area contributed by atoms with Crippen LogP contribution >= 0.6 is 27.3 Å². The van der Waals surface area contributed by atoms with Gasteiger partial charge in [0.05, 0.1) is 4.88 Å². The Morgan fingerprint density at radius 3 is 2.71 bits per heavy atom. The lowest BCUT2D eigenvalue weighted by atomic mass is 10.2. The van der Waals surface area contributed by atoms with Crippen LogP contribution < -0.4 is 0 Å². The zero-order valence-electron chi connectivity index (χ0n) is 10.8. The third-order valence-electron chi connectivity index (χ3n) is 3.35. The highest BCUT2D eigenvalue weighted by Crippen LogP contribution is 2.29. The fourth-order valence-corrected chi connectivity index (χ4v) is 3.73. The first-order valence-corrected chi connectivity index (χ1v) is 8.04. The van der Waals surface area contributed by atoms with E-state index in [4.69, 9.17) is 4.42 Å². The van der Waals surface area contributed by atoms with E-state index in [1.807, 2.05) is 48.5 Å². The van der Waals surface area contributed by atoms with Gasteiger partial charge in [-0.25, -0.2) is 0 Å². The van der Waals surface area contributed by atoms with Crippen molar-refractivity contribution in [2.45, 2.75) is 0 Å². The van der Waals surface area contributed by atoms with E-state index in [2.05, 4.69) is 15.9 Å². The van der Waals surface area contributed by atoms with Crippen molar-refractivity contribution in [1.82, 2.24) is 0 Å². The van der Waals surface area contributed by atoms with Crippen LogP contribution in [0.5, 0.6) is 0 Å². The minimum Gasteiger partial charge on any atom is -0.453 e. The first-order chi connectivity index (χ1) is 10.2. The molecule has 0 spiro atoms. The smallest absolute Gasteiger partial charge is 0.238 e. The van der Waals surface area contributed by atoms with Crippen molar-refractivity contribution in [3.05, 3.63) is 69.7 Å². The second-order valence-corrected chi connectivity index (χ2v) is 6.77. The molecule has 4 rings (SSSR count). The number of benzene rings is 2. The zero-order chi connectivity index (χ0) is 14.4. The summed E-state index contributed by atoms with van der Waals surface area (Å²) in [6.07, 6.45) is 0. The molecule has 0 saturated carbocycles. The van der Waals surface area contributed by atoms with Gasteiger partial charge >= 0.3 is 0 Å². The van der Waals surface area contributed by atoms with Crippen molar-refractivity contribution >= 4 is 54.1 Å². The molecule has 0 aliphatic heterocycles. The Morgan fingerprint density at radius 2 is 1.86 bits per heavy atom. The Balaban J connectivity index is 1.81. The van der Waals surface area contributed by atoms with E-state index in [1.165, 1.54) is 11.3 Å². The van der Waals surface area contributed by atoms with Crippen LogP contribution in [0, 0.1) is 0 Å². The van der Waals surface area contributed by atoms with E-state index < -0.39 is 0 Å². The first-order valence-electron chi connectivity index (χ1n) is 6.43.